The van der Waals surface area contributed by atoms with Crippen LogP contribution in [0.4, 0.5) is 0 Å². The normalized spacial score (nSPS) is 18.9. The van der Waals surface area contributed by atoms with Crippen molar-refractivity contribution in [2.45, 2.75) is 12.5 Å². The number of hydrogen-bond acceptors (Lipinski definition) is 3. The summed E-state index contributed by atoms with van der Waals surface area (Å²) in [5, 5.41) is 9.50. The second-order valence-corrected chi connectivity index (χ2v) is 6.89. The predicted molar refractivity (Wildman–Crippen MR) is 83.6 cm³/mol. The fraction of sp³-hybridized carbons (Fsp3) is 0.385. The molecule has 1 N–H and O–H groups in total. The SMILES string of the molecule is O=C(O)CC1CSCCN1C(=O)c1ccc(Cl)cc1Br. The third-order valence-corrected chi connectivity index (χ3v) is 5.04. The summed E-state index contributed by atoms with van der Waals surface area (Å²) < 4.78 is 0.627. The summed E-state index contributed by atoms with van der Waals surface area (Å²) >= 11 is 10.9. The van der Waals surface area contributed by atoms with E-state index in [0.717, 1.165) is 5.75 Å². The highest BCUT2D eigenvalue weighted by atomic mass is 79.9. The maximum atomic E-state index is 12.6. The molecular formula is C13H13BrClNO3S. The molecular weight excluding hydrogens is 366 g/mol. The summed E-state index contributed by atoms with van der Waals surface area (Å²) in [6, 6.07) is 4.72. The Balaban J connectivity index is 2.22. The number of carbonyl (C=O) groups is 2. The molecule has 1 atom stereocenters. The molecule has 1 fully saturated rings. The van der Waals surface area contributed by atoms with Crippen LogP contribution in [0.3, 0.4) is 0 Å². The second-order valence-electron chi connectivity index (χ2n) is 4.45. The van der Waals surface area contributed by atoms with Gasteiger partial charge in [0.15, 0.2) is 0 Å². The van der Waals surface area contributed by atoms with Crippen LogP contribution in [0, 0.1) is 0 Å². The fourth-order valence-electron chi connectivity index (χ4n) is 2.11. The molecule has 0 saturated carbocycles. The number of carbonyl (C=O) groups excluding carboxylic acids is 1. The van der Waals surface area contributed by atoms with Gasteiger partial charge in [0.1, 0.15) is 0 Å². The highest BCUT2D eigenvalue weighted by Crippen LogP contribution is 2.26. The Hall–Kier alpha value is -0.720. The third-order valence-electron chi connectivity index (χ3n) is 3.06. The van der Waals surface area contributed by atoms with E-state index >= 15 is 0 Å². The fourth-order valence-corrected chi connectivity index (χ4v) is 4.03. The predicted octanol–water partition coefficient (Wildman–Crippen LogP) is 3.13. The van der Waals surface area contributed by atoms with Gasteiger partial charge in [0, 0.05) is 27.5 Å². The quantitative estimate of drug-likeness (QED) is 0.878. The lowest BCUT2D eigenvalue weighted by Crippen LogP contribution is -2.47. The first-order valence-corrected chi connectivity index (χ1v) is 8.37. The van der Waals surface area contributed by atoms with Gasteiger partial charge in [-0.15, -0.1) is 0 Å². The van der Waals surface area contributed by atoms with Gasteiger partial charge in [0.25, 0.3) is 5.91 Å². The second kappa shape index (κ2) is 6.83. The van der Waals surface area contributed by atoms with Crippen molar-refractivity contribution < 1.29 is 14.7 Å². The highest BCUT2D eigenvalue weighted by molar-refractivity contribution is 9.10. The average molecular weight is 379 g/mol. The Morgan fingerprint density at radius 1 is 1.50 bits per heavy atom. The number of rotatable bonds is 3. The van der Waals surface area contributed by atoms with Gasteiger partial charge in [-0.2, -0.15) is 11.8 Å². The first kappa shape index (κ1) is 15.7. The Morgan fingerprint density at radius 3 is 2.90 bits per heavy atom. The van der Waals surface area contributed by atoms with E-state index in [1.165, 1.54) is 0 Å². The van der Waals surface area contributed by atoms with Gasteiger partial charge in [-0.1, -0.05) is 11.6 Å². The summed E-state index contributed by atoms with van der Waals surface area (Å²) in [6.07, 6.45) is -0.0239. The minimum Gasteiger partial charge on any atom is -0.481 e. The minimum atomic E-state index is -0.884. The number of thioether (sulfide) groups is 1. The van der Waals surface area contributed by atoms with Crippen LogP contribution in [0.2, 0.25) is 5.02 Å². The van der Waals surface area contributed by atoms with Gasteiger partial charge in [-0.25, -0.2) is 0 Å². The number of carboxylic acid groups (broad SMARTS) is 1. The molecule has 1 heterocycles. The molecule has 1 aliphatic heterocycles. The Bertz CT molecular complexity index is 540. The zero-order valence-corrected chi connectivity index (χ0v) is 13.7. The van der Waals surface area contributed by atoms with Crippen molar-refractivity contribution in [3.05, 3.63) is 33.3 Å². The van der Waals surface area contributed by atoms with E-state index in [0.29, 0.717) is 27.4 Å². The van der Waals surface area contributed by atoms with E-state index in [1.54, 1.807) is 34.9 Å². The molecule has 0 bridgehead atoms. The monoisotopic (exact) mass is 377 g/mol. The van der Waals surface area contributed by atoms with Crippen molar-refractivity contribution in [3.8, 4) is 0 Å². The molecule has 1 amide bonds. The maximum Gasteiger partial charge on any atom is 0.305 e. The molecule has 20 heavy (non-hydrogen) atoms. The summed E-state index contributed by atoms with van der Waals surface area (Å²) in [5.41, 5.74) is 0.511. The molecule has 1 aromatic rings. The average Bonchev–Trinajstić information content (AvgIpc) is 2.38. The van der Waals surface area contributed by atoms with Crippen LogP contribution >= 0.6 is 39.3 Å². The van der Waals surface area contributed by atoms with Crippen LogP contribution in [0.1, 0.15) is 16.8 Å². The van der Waals surface area contributed by atoms with E-state index < -0.39 is 5.97 Å². The maximum absolute atomic E-state index is 12.6. The van der Waals surface area contributed by atoms with Gasteiger partial charge in [0.2, 0.25) is 0 Å². The summed E-state index contributed by atoms with van der Waals surface area (Å²) in [6.45, 7) is 0.566. The summed E-state index contributed by atoms with van der Waals surface area (Å²) in [5.74, 6) is 0.446. The zero-order chi connectivity index (χ0) is 14.7. The van der Waals surface area contributed by atoms with Crippen molar-refractivity contribution in [2.75, 3.05) is 18.1 Å². The summed E-state index contributed by atoms with van der Waals surface area (Å²) in [4.78, 5) is 25.1. The van der Waals surface area contributed by atoms with Gasteiger partial charge in [-0.3, -0.25) is 9.59 Å². The van der Waals surface area contributed by atoms with Gasteiger partial charge < -0.3 is 10.0 Å². The molecule has 0 aromatic heterocycles. The van der Waals surface area contributed by atoms with Crippen LogP contribution in [0.25, 0.3) is 0 Å². The van der Waals surface area contributed by atoms with E-state index in [4.69, 9.17) is 16.7 Å². The minimum absolute atomic E-state index is 0.0239. The topological polar surface area (TPSA) is 57.6 Å². The molecule has 1 aliphatic rings. The summed E-state index contributed by atoms with van der Waals surface area (Å²) in [7, 11) is 0. The number of benzene rings is 1. The van der Waals surface area contributed by atoms with Crippen molar-refractivity contribution in [3.63, 3.8) is 0 Å². The Kier molecular flexibility index (Phi) is 5.35. The molecule has 2 rings (SSSR count). The first-order chi connectivity index (χ1) is 9.49. The standard InChI is InChI=1S/C13H13BrClNO3S/c14-11-5-8(15)1-2-10(11)13(19)16-3-4-20-7-9(16)6-12(17)18/h1-2,5,9H,3-4,6-7H2,(H,17,18). The van der Waals surface area contributed by atoms with Crippen molar-refractivity contribution in [2.24, 2.45) is 0 Å². The van der Waals surface area contributed by atoms with E-state index in [-0.39, 0.29) is 18.4 Å². The lowest BCUT2D eigenvalue weighted by molar-refractivity contribution is -0.138. The van der Waals surface area contributed by atoms with Crippen LogP contribution in [0.15, 0.2) is 22.7 Å². The van der Waals surface area contributed by atoms with Crippen LogP contribution < -0.4 is 0 Å². The Morgan fingerprint density at radius 2 is 2.25 bits per heavy atom. The van der Waals surface area contributed by atoms with Crippen LogP contribution in [0.5, 0.6) is 0 Å². The van der Waals surface area contributed by atoms with Crippen molar-refractivity contribution >= 4 is 51.2 Å². The first-order valence-electron chi connectivity index (χ1n) is 6.04. The lowest BCUT2D eigenvalue weighted by Gasteiger charge is -2.34. The van der Waals surface area contributed by atoms with Crippen molar-refractivity contribution in [1.82, 2.24) is 4.90 Å². The smallest absolute Gasteiger partial charge is 0.305 e. The molecule has 0 radical (unpaired) electrons. The van der Waals surface area contributed by atoms with E-state index in [1.807, 2.05) is 0 Å². The number of nitrogens with zero attached hydrogens (tertiary/aromatic N) is 1. The van der Waals surface area contributed by atoms with E-state index in [9.17, 15) is 9.59 Å². The lowest BCUT2D eigenvalue weighted by atomic mass is 10.1. The zero-order valence-electron chi connectivity index (χ0n) is 10.5. The largest absolute Gasteiger partial charge is 0.481 e. The van der Waals surface area contributed by atoms with Crippen LogP contribution in [-0.2, 0) is 4.79 Å². The highest BCUT2D eigenvalue weighted by Gasteiger charge is 2.30. The number of carboxylic acids is 1. The number of hydrogen-bond donors (Lipinski definition) is 1. The van der Waals surface area contributed by atoms with Crippen LogP contribution in [-0.4, -0.2) is 46.0 Å². The van der Waals surface area contributed by atoms with Gasteiger partial charge >= 0.3 is 5.97 Å². The van der Waals surface area contributed by atoms with E-state index in [2.05, 4.69) is 15.9 Å². The van der Waals surface area contributed by atoms with Gasteiger partial charge in [0.05, 0.1) is 18.0 Å². The van der Waals surface area contributed by atoms with Gasteiger partial charge in [-0.05, 0) is 34.1 Å². The molecule has 1 saturated heterocycles. The molecule has 0 spiro atoms. The molecule has 108 valence electrons. The molecule has 0 aliphatic carbocycles. The number of halogens is 2. The molecule has 1 aromatic carbocycles. The molecule has 7 heteroatoms. The molecule has 4 nitrogen and oxygen atoms in total. The number of amides is 1. The number of aliphatic carboxylic acids is 1. The Labute approximate surface area is 134 Å². The molecule has 1 unspecified atom stereocenters. The third kappa shape index (κ3) is 3.68. The van der Waals surface area contributed by atoms with Crippen molar-refractivity contribution in [1.29, 1.82) is 0 Å².